The largest absolute Gasteiger partial charge is 0.218 e. The number of H-pyrrole nitrogens is 1. The van der Waals surface area contributed by atoms with Gasteiger partial charge < -0.3 is 0 Å². The van der Waals surface area contributed by atoms with Crippen LogP contribution in [0.4, 0.5) is 0 Å². The number of hydrogen-bond donors (Lipinski definition) is 0. The topological polar surface area (TPSA) is 39.9 Å². The quantitative estimate of drug-likeness (QED) is 0.631. The molecule has 0 bridgehead atoms. The van der Waals surface area contributed by atoms with Crippen LogP contribution >= 0.6 is 11.5 Å². The lowest BCUT2D eigenvalue weighted by molar-refractivity contribution is -0.377. The zero-order chi connectivity index (χ0) is 7.52. The second-order valence-electron chi connectivity index (χ2n) is 2.07. The first-order chi connectivity index (χ1) is 5.47. The Balaban J connectivity index is 2.46. The summed E-state index contributed by atoms with van der Waals surface area (Å²) in [4.78, 5) is 4.05. The van der Waals surface area contributed by atoms with E-state index in [1.54, 1.807) is 6.20 Å². The van der Waals surface area contributed by atoms with E-state index < -0.39 is 0 Å². The zero-order valence-corrected chi connectivity index (χ0v) is 6.51. The fourth-order valence-electron chi connectivity index (χ4n) is 0.846. The van der Waals surface area contributed by atoms with Crippen LogP contribution in [0.15, 0.2) is 30.7 Å². The molecule has 0 atom stereocenters. The van der Waals surface area contributed by atoms with Gasteiger partial charge in [0.2, 0.25) is 0 Å². The van der Waals surface area contributed by atoms with Crippen LogP contribution in [-0.2, 0) is 0 Å². The van der Waals surface area contributed by atoms with Gasteiger partial charge in [0.25, 0.3) is 0 Å². The van der Waals surface area contributed by atoms with Gasteiger partial charge in [-0.2, -0.15) is 0 Å². The second-order valence-corrected chi connectivity index (χ2v) is 2.86. The molecule has 2 heterocycles. The SMILES string of the molecule is c1cc(-c2cnns2)cc[nH+]1. The molecular formula is C7H6N3S+. The number of aromatic amines is 1. The normalized spacial score (nSPS) is 9.82. The highest BCUT2D eigenvalue weighted by Gasteiger charge is 1.99. The van der Waals surface area contributed by atoms with Gasteiger partial charge >= 0.3 is 0 Å². The molecule has 0 aliphatic rings. The van der Waals surface area contributed by atoms with Crippen LogP contribution in [-0.4, -0.2) is 9.59 Å². The zero-order valence-electron chi connectivity index (χ0n) is 5.69. The number of nitrogens with one attached hydrogen (secondary N) is 1. The maximum absolute atomic E-state index is 3.78. The highest BCUT2D eigenvalue weighted by molar-refractivity contribution is 7.09. The maximum atomic E-state index is 3.78. The highest BCUT2D eigenvalue weighted by atomic mass is 32.1. The van der Waals surface area contributed by atoms with Gasteiger partial charge in [-0.25, -0.2) is 4.98 Å². The minimum absolute atomic E-state index is 1.10. The molecule has 3 nitrogen and oxygen atoms in total. The van der Waals surface area contributed by atoms with Crippen LogP contribution in [0.25, 0.3) is 10.4 Å². The standard InChI is InChI=1S/C7H5N3S/c1-3-8-4-2-6(1)7-5-9-10-11-7/h1-5H/p+1. The van der Waals surface area contributed by atoms with Crippen molar-refractivity contribution < 1.29 is 4.98 Å². The summed E-state index contributed by atoms with van der Waals surface area (Å²) in [6.45, 7) is 0. The first kappa shape index (κ1) is 6.42. The molecule has 2 aromatic rings. The summed E-state index contributed by atoms with van der Waals surface area (Å²) < 4.78 is 3.78. The Hall–Kier alpha value is -1.29. The van der Waals surface area contributed by atoms with Gasteiger partial charge in [-0.15, -0.1) is 5.10 Å². The molecule has 0 aromatic carbocycles. The van der Waals surface area contributed by atoms with Gasteiger partial charge in [0.15, 0.2) is 12.4 Å². The van der Waals surface area contributed by atoms with E-state index in [9.17, 15) is 0 Å². The third kappa shape index (κ3) is 1.25. The molecule has 2 aromatic heterocycles. The minimum Gasteiger partial charge on any atom is -0.218 e. The molecule has 11 heavy (non-hydrogen) atoms. The van der Waals surface area contributed by atoms with Crippen molar-refractivity contribution in [3.05, 3.63) is 30.7 Å². The Kier molecular flexibility index (Phi) is 1.61. The highest BCUT2D eigenvalue weighted by Crippen LogP contribution is 2.18. The Morgan fingerprint density at radius 2 is 2.09 bits per heavy atom. The molecule has 0 fully saturated rings. The van der Waals surface area contributed by atoms with Crippen molar-refractivity contribution in [3.8, 4) is 10.4 Å². The van der Waals surface area contributed by atoms with Crippen molar-refractivity contribution in [3.63, 3.8) is 0 Å². The third-order valence-electron chi connectivity index (χ3n) is 1.36. The summed E-state index contributed by atoms with van der Waals surface area (Å²) in [5.74, 6) is 0. The molecule has 54 valence electrons. The maximum Gasteiger partial charge on any atom is 0.167 e. The molecule has 0 saturated heterocycles. The molecule has 0 amide bonds. The molecule has 0 unspecified atom stereocenters. The van der Waals surface area contributed by atoms with Gasteiger partial charge in [0, 0.05) is 17.7 Å². The average molecular weight is 164 g/mol. The molecule has 0 spiro atoms. The molecule has 0 radical (unpaired) electrons. The lowest BCUT2D eigenvalue weighted by atomic mass is 10.2. The number of hydrogen-bond acceptors (Lipinski definition) is 3. The first-order valence-corrected chi connectivity index (χ1v) is 3.98. The molecule has 1 N–H and O–H groups in total. The van der Waals surface area contributed by atoms with Gasteiger partial charge in [-0.1, -0.05) is 4.49 Å². The second kappa shape index (κ2) is 2.75. The van der Waals surface area contributed by atoms with E-state index in [1.807, 2.05) is 24.5 Å². The lowest BCUT2D eigenvalue weighted by Gasteiger charge is -1.87. The summed E-state index contributed by atoms with van der Waals surface area (Å²) in [6.07, 6.45) is 5.53. The van der Waals surface area contributed by atoms with Crippen LogP contribution in [0, 0.1) is 0 Å². The van der Waals surface area contributed by atoms with Crippen molar-refractivity contribution in [2.45, 2.75) is 0 Å². The third-order valence-corrected chi connectivity index (χ3v) is 2.08. The minimum atomic E-state index is 1.10. The summed E-state index contributed by atoms with van der Waals surface area (Å²) in [6, 6.07) is 3.99. The predicted molar refractivity (Wildman–Crippen MR) is 41.9 cm³/mol. The Morgan fingerprint density at radius 3 is 2.73 bits per heavy atom. The van der Waals surface area contributed by atoms with Crippen molar-refractivity contribution in [1.82, 2.24) is 9.59 Å². The number of pyridine rings is 1. The average Bonchev–Trinajstić information content (AvgIpc) is 2.58. The van der Waals surface area contributed by atoms with Crippen LogP contribution < -0.4 is 4.98 Å². The molecule has 0 saturated carbocycles. The van der Waals surface area contributed by atoms with Crippen LogP contribution in [0.3, 0.4) is 0 Å². The van der Waals surface area contributed by atoms with Gasteiger partial charge in [-0.3, -0.25) is 0 Å². The fraction of sp³-hybridized carbons (Fsp3) is 0. The van der Waals surface area contributed by atoms with Gasteiger partial charge in [0.1, 0.15) is 0 Å². The number of nitrogens with zero attached hydrogens (tertiary/aromatic N) is 2. The van der Waals surface area contributed by atoms with Crippen molar-refractivity contribution >= 4 is 11.5 Å². The molecule has 4 heteroatoms. The summed E-state index contributed by atoms with van der Waals surface area (Å²) in [5.41, 5.74) is 1.15. The number of rotatable bonds is 1. The smallest absolute Gasteiger partial charge is 0.167 e. The first-order valence-electron chi connectivity index (χ1n) is 3.20. The monoisotopic (exact) mass is 164 g/mol. The Bertz CT molecular complexity index is 317. The van der Waals surface area contributed by atoms with Crippen molar-refractivity contribution in [1.29, 1.82) is 0 Å². The molecule has 0 aliphatic carbocycles. The van der Waals surface area contributed by atoms with Crippen LogP contribution in [0.5, 0.6) is 0 Å². The summed E-state index contributed by atoms with van der Waals surface area (Å²) in [5, 5.41) is 3.76. The predicted octanol–water partition coefficient (Wildman–Crippen LogP) is 1.02. The van der Waals surface area contributed by atoms with E-state index in [-0.39, 0.29) is 0 Å². The van der Waals surface area contributed by atoms with E-state index in [0.29, 0.717) is 0 Å². The summed E-state index contributed by atoms with van der Waals surface area (Å²) in [7, 11) is 0. The van der Waals surface area contributed by atoms with E-state index >= 15 is 0 Å². The lowest BCUT2D eigenvalue weighted by Crippen LogP contribution is -1.96. The molecule has 2 rings (SSSR count). The fourth-order valence-corrected chi connectivity index (χ4v) is 1.36. The molecular weight excluding hydrogens is 158 g/mol. The van der Waals surface area contributed by atoms with E-state index in [4.69, 9.17) is 0 Å². The van der Waals surface area contributed by atoms with Crippen molar-refractivity contribution in [2.75, 3.05) is 0 Å². The van der Waals surface area contributed by atoms with E-state index in [0.717, 1.165) is 10.4 Å². The van der Waals surface area contributed by atoms with E-state index in [1.165, 1.54) is 11.5 Å². The summed E-state index contributed by atoms with van der Waals surface area (Å²) >= 11 is 1.40. The Labute approximate surface area is 67.9 Å². The van der Waals surface area contributed by atoms with Crippen LogP contribution in [0.1, 0.15) is 0 Å². The van der Waals surface area contributed by atoms with E-state index in [2.05, 4.69) is 14.6 Å². The van der Waals surface area contributed by atoms with Crippen molar-refractivity contribution in [2.24, 2.45) is 0 Å². The van der Waals surface area contributed by atoms with Crippen LogP contribution in [0.2, 0.25) is 0 Å². The Morgan fingerprint density at radius 1 is 1.27 bits per heavy atom. The number of aromatic nitrogens is 3. The van der Waals surface area contributed by atoms with Gasteiger partial charge in [-0.05, 0) is 11.5 Å². The molecule has 0 aliphatic heterocycles. The van der Waals surface area contributed by atoms with Gasteiger partial charge in [0.05, 0.1) is 11.1 Å².